The number of rotatable bonds is 3. The molecule has 0 radical (unpaired) electrons. The van der Waals surface area contributed by atoms with E-state index in [1.54, 1.807) is 0 Å². The first-order chi connectivity index (χ1) is 4.81. The van der Waals surface area contributed by atoms with Gasteiger partial charge in [0.1, 0.15) is 6.61 Å². The first-order valence-corrected chi connectivity index (χ1v) is 3.56. The third-order valence-electron chi connectivity index (χ3n) is 1.16. The van der Waals surface area contributed by atoms with Gasteiger partial charge in [-0.15, -0.1) is 0 Å². The Labute approximate surface area is 61.9 Å². The van der Waals surface area contributed by atoms with Crippen LogP contribution < -0.4 is 0 Å². The normalized spacial score (nSPS) is 11.9. The maximum Gasteiger partial charge on any atom is 0.104 e. The summed E-state index contributed by atoms with van der Waals surface area (Å²) in [6, 6.07) is 0. The molecule has 1 atom stereocenters. The van der Waals surface area contributed by atoms with Crippen molar-refractivity contribution >= 4 is 0 Å². The Balaban J connectivity index is 3.29. The SMILES string of the molecule is CCC[C@H](O)CC#CCO. The average Bonchev–Trinajstić information content (AvgIpc) is 1.89. The molecule has 0 rings (SSSR count). The van der Waals surface area contributed by atoms with E-state index in [0.29, 0.717) is 6.42 Å². The summed E-state index contributed by atoms with van der Waals surface area (Å²) in [5.41, 5.74) is 0. The third-order valence-corrected chi connectivity index (χ3v) is 1.16. The molecular formula is C8H14O2. The van der Waals surface area contributed by atoms with Gasteiger partial charge in [-0.2, -0.15) is 0 Å². The van der Waals surface area contributed by atoms with E-state index in [1.165, 1.54) is 0 Å². The zero-order valence-corrected chi connectivity index (χ0v) is 6.30. The molecule has 0 saturated heterocycles. The zero-order chi connectivity index (χ0) is 7.82. The van der Waals surface area contributed by atoms with Crippen LogP contribution >= 0.6 is 0 Å². The predicted molar refractivity (Wildman–Crippen MR) is 40.4 cm³/mol. The second kappa shape index (κ2) is 6.60. The van der Waals surface area contributed by atoms with Crippen LogP contribution in [0.15, 0.2) is 0 Å². The fourth-order valence-electron chi connectivity index (χ4n) is 0.681. The van der Waals surface area contributed by atoms with Crippen molar-refractivity contribution in [3.63, 3.8) is 0 Å². The van der Waals surface area contributed by atoms with Gasteiger partial charge in [-0.05, 0) is 6.42 Å². The summed E-state index contributed by atoms with van der Waals surface area (Å²) in [4.78, 5) is 0. The van der Waals surface area contributed by atoms with Gasteiger partial charge in [0.2, 0.25) is 0 Å². The van der Waals surface area contributed by atoms with Crippen LogP contribution in [0.1, 0.15) is 26.2 Å². The summed E-state index contributed by atoms with van der Waals surface area (Å²) in [6.45, 7) is 1.90. The van der Waals surface area contributed by atoms with Gasteiger partial charge in [-0.1, -0.05) is 25.2 Å². The van der Waals surface area contributed by atoms with Crippen molar-refractivity contribution in [2.24, 2.45) is 0 Å². The van der Waals surface area contributed by atoms with Crippen molar-refractivity contribution < 1.29 is 10.2 Å². The summed E-state index contributed by atoms with van der Waals surface area (Å²) < 4.78 is 0. The molecule has 2 N–H and O–H groups in total. The van der Waals surface area contributed by atoms with Crippen LogP contribution in [0.5, 0.6) is 0 Å². The fraction of sp³-hybridized carbons (Fsp3) is 0.750. The highest BCUT2D eigenvalue weighted by molar-refractivity contribution is 4.99. The Bertz CT molecular complexity index is 121. The highest BCUT2D eigenvalue weighted by atomic mass is 16.3. The molecule has 0 fully saturated rings. The molecule has 0 aliphatic rings. The maximum absolute atomic E-state index is 9.09. The minimum Gasteiger partial charge on any atom is -0.392 e. The lowest BCUT2D eigenvalue weighted by Crippen LogP contribution is -2.03. The Morgan fingerprint density at radius 1 is 1.40 bits per heavy atom. The summed E-state index contributed by atoms with van der Waals surface area (Å²) >= 11 is 0. The monoisotopic (exact) mass is 142 g/mol. The Hall–Kier alpha value is -0.520. The topological polar surface area (TPSA) is 40.5 Å². The molecule has 0 aromatic carbocycles. The third kappa shape index (κ3) is 5.61. The number of hydrogen-bond donors (Lipinski definition) is 2. The van der Waals surface area contributed by atoms with Gasteiger partial charge in [0.05, 0.1) is 6.10 Å². The second-order valence-corrected chi connectivity index (χ2v) is 2.16. The Morgan fingerprint density at radius 3 is 2.60 bits per heavy atom. The molecule has 58 valence electrons. The summed E-state index contributed by atoms with van der Waals surface area (Å²) in [7, 11) is 0. The average molecular weight is 142 g/mol. The van der Waals surface area contributed by atoms with Gasteiger partial charge in [0.15, 0.2) is 0 Å². The van der Waals surface area contributed by atoms with Crippen LogP contribution in [0.3, 0.4) is 0 Å². The van der Waals surface area contributed by atoms with Crippen LogP contribution in [0.2, 0.25) is 0 Å². The zero-order valence-electron chi connectivity index (χ0n) is 6.30. The molecule has 0 heterocycles. The number of aliphatic hydroxyl groups excluding tert-OH is 2. The van der Waals surface area contributed by atoms with E-state index < -0.39 is 0 Å². The van der Waals surface area contributed by atoms with Crippen molar-refractivity contribution in [2.45, 2.75) is 32.3 Å². The van der Waals surface area contributed by atoms with Crippen LogP contribution in [0.4, 0.5) is 0 Å². The van der Waals surface area contributed by atoms with E-state index in [2.05, 4.69) is 11.8 Å². The fourth-order valence-corrected chi connectivity index (χ4v) is 0.681. The lowest BCUT2D eigenvalue weighted by atomic mass is 10.1. The van der Waals surface area contributed by atoms with Gasteiger partial charge in [0.25, 0.3) is 0 Å². The molecule has 0 unspecified atom stereocenters. The van der Waals surface area contributed by atoms with Gasteiger partial charge in [-0.25, -0.2) is 0 Å². The molecule has 0 aliphatic carbocycles. The molecule has 0 aliphatic heterocycles. The minimum absolute atomic E-state index is 0.112. The van der Waals surface area contributed by atoms with E-state index in [0.717, 1.165) is 12.8 Å². The molecule has 2 heteroatoms. The van der Waals surface area contributed by atoms with Crippen LogP contribution in [-0.2, 0) is 0 Å². The highest BCUT2D eigenvalue weighted by Gasteiger charge is 1.97. The van der Waals surface area contributed by atoms with E-state index in [1.807, 2.05) is 6.92 Å². The molecule has 0 aromatic heterocycles. The van der Waals surface area contributed by atoms with Crippen molar-refractivity contribution in [1.29, 1.82) is 0 Å². The van der Waals surface area contributed by atoms with E-state index >= 15 is 0 Å². The predicted octanol–water partition coefficient (Wildman–Crippen LogP) is 0.533. The van der Waals surface area contributed by atoms with Crippen molar-refractivity contribution in [3.05, 3.63) is 0 Å². The highest BCUT2D eigenvalue weighted by Crippen LogP contribution is 1.98. The van der Waals surface area contributed by atoms with Gasteiger partial charge >= 0.3 is 0 Å². The molecule has 0 bridgehead atoms. The second-order valence-electron chi connectivity index (χ2n) is 2.16. The van der Waals surface area contributed by atoms with Crippen molar-refractivity contribution in [2.75, 3.05) is 6.61 Å². The lowest BCUT2D eigenvalue weighted by Gasteiger charge is -2.01. The van der Waals surface area contributed by atoms with E-state index in [4.69, 9.17) is 10.2 Å². The Kier molecular flexibility index (Phi) is 6.25. The molecule has 10 heavy (non-hydrogen) atoms. The number of hydrogen-bond acceptors (Lipinski definition) is 2. The van der Waals surface area contributed by atoms with Crippen LogP contribution in [0, 0.1) is 11.8 Å². The summed E-state index contributed by atoms with van der Waals surface area (Å²) in [5, 5.41) is 17.3. The standard InChI is InChI=1S/C8H14O2/c1-2-5-8(10)6-3-4-7-9/h8-10H,2,5-7H2,1H3/t8-/m0/s1. The minimum atomic E-state index is -0.316. The molecule has 0 amide bonds. The maximum atomic E-state index is 9.09. The number of aliphatic hydroxyl groups is 2. The van der Waals surface area contributed by atoms with Crippen molar-refractivity contribution in [3.8, 4) is 11.8 Å². The van der Waals surface area contributed by atoms with E-state index in [9.17, 15) is 0 Å². The summed E-state index contributed by atoms with van der Waals surface area (Å²) in [6.07, 6.45) is 1.93. The first kappa shape index (κ1) is 9.48. The largest absolute Gasteiger partial charge is 0.392 e. The smallest absolute Gasteiger partial charge is 0.104 e. The van der Waals surface area contributed by atoms with Crippen LogP contribution in [-0.4, -0.2) is 22.9 Å². The van der Waals surface area contributed by atoms with Crippen LogP contribution in [0.25, 0.3) is 0 Å². The molecular weight excluding hydrogens is 128 g/mol. The first-order valence-electron chi connectivity index (χ1n) is 3.56. The quantitative estimate of drug-likeness (QED) is 0.564. The van der Waals surface area contributed by atoms with Gasteiger partial charge in [-0.3, -0.25) is 0 Å². The molecule has 0 spiro atoms. The van der Waals surface area contributed by atoms with Gasteiger partial charge < -0.3 is 10.2 Å². The van der Waals surface area contributed by atoms with Gasteiger partial charge in [0, 0.05) is 6.42 Å². The molecule has 0 saturated carbocycles. The molecule has 0 aromatic rings. The van der Waals surface area contributed by atoms with E-state index in [-0.39, 0.29) is 12.7 Å². The lowest BCUT2D eigenvalue weighted by molar-refractivity contribution is 0.169. The summed E-state index contributed by atoms with van der Waals surface area (Å²) in [5.74, 6) is 5.15. The van der Waals surface area contributed by atoms with Crippen molar-refractivity contribution in [1.82, 2.24) is 0 Å². The Morgan fingerprint density at radius 2 is 2.10 bits per heavy atom. The molecule has 2 nitrogen and oxygen atoms in total.